The van der Waals surface area contributed by atoms with Crippen LogP contribution in [0.1, 0.15) is 5.56 Å². The van der Waals surface area contributed by atoms with Crippen molar-refractivity contribution in [1.82, 2.24) is 10.6 Å². The molecule has 0 fully saturated rings. The first-order valence-electron chi connectivity index (χ1n) is 7.47. The van der Waals surface area contributed by atoms with Crippen LogP contribution in [-0.2, 0) is 6.54 Å². The van der Waals surface area contributed by atoms with Gasteiger partial charge in [-0.2, -0.15) is 8.78 Å². The van der Waals surface area contributed by atoms with Gasteiger partial charge in [0.05, 0.1) is 6.54 Å². The van der Waals surface area contributed by atoms with Crippen LogP contribution in [0.4, 0.5) is 13.6 Å². The quantitative estimate of drug-likeness (QED) is 0.694. The maximum Gasteiger partial charge on any atom is 0.387 e. The summed E-state index contributed by atoms with van der Waals surface area (Å²) in [6.07, 6.45) is 0. The first kappa shape index (κ1) is 18.8. The highest BCUT2D eigenvalue weighted by molar-refractivity contribution is 6.30. The monoisotopic (exact) mass is 370 g/mol. The molecule has 0 saturated carbocycles. The molecule has 0 radical (unpaired) electrons. The SMILES string of the molecule is O=C(NCCOc1ccc(Cl)cc1)NCc1ccc(OC(F)F)cc1. The van der Waals surface area contributed by atoms with Gasteiger partial charge in [0.25, 0.3) is 0 Å². The highest BCUT2D eigenvalue weighted by Gasteiger charge is 2.04. The van der Waals surface area contributed by atoms with Gasteiger partial charge < -0.3 is 20.1 Å². The highest BCUT2D eigenvalue weighted by atomic mass is 35.5. The van der Waals surface area contributed by atoms with Gasteiger partial charge in [-0.25, -0.2) is 4.79 Å². The minimum absolute atomic E-state index is 0.0718. The normalized spacial score (nSPS) is 10.4. The van der Waals surface area contributed by atoms with E-state index in [9.17, 15) is 13.6 Å². The van der Waals surface area contributed by atoms with E-state index in [2.05, 4.69) is 15.4 Å². The predicted molar refractivity (Wildman–Crippen MR) is 90.3 cm³/mol. The average Bonchev–Trinajstić information content (AvgIpc) is 2.59. The largest absolute Gasteiger partial charge is 0.492 e. The van der Waals surface area contributed by atoms with E-state index in [1.54, 1.807) is 36.4 Å². The number of nitrogens with one attached hydrogen (secondary N) is 2. The molecule has 0 aliphatic rings. The number of carbonyl (C=O) groups is 1. The molecule has 0 spiro atoms. The average molecular weight is 371 g/mol. The Morgan fingerprint density at radius 1 is 1.00 bits per heavy atom. The van der Waals surface area contributed by atoms with E-state index in [1.807, 2.05) is 0 Å². The lowest BCUT2D eigenvalue weighted by molar-refractivity contribution is -0.0498. The smallest absolute Gasteiger partial charge is 0.387 e. The minimum Gasteiger partial charge on any atom is -0.492 e. The second-order valence-electron chi connectivity index (χ2n) is 4.93. The fourth-order valence-corrected chi connectivity index (χ4v) is 2.02. The van der Waals surface area contributed by atoms with Gasteiger partial charge in [0.1, 0.15) is 18.1 Å². The summed E-state index contributed by atoms with van der Waals surface area (Å²) < 4.78 is 33.8. The third kappa shape index (κ3) is 7.26. The molecule has 2 aromatic carbocycles. The summed E-state index contributed by atoms with van der Waals surface area (Å²) in [7, 11) is 0. The molecule has 134 valence electrons. The zero-order valence-electron chi connectivity index (χ0n) is 13.2. The molecule has 2 rings (SSSR count). The first-order chi connectivity index (χ1) is 12.0. The number of hydrogen-bond donors (Lipinski definition) is 2. The van der Waals surface area contributed by atoms with Crippen molar-refractivity contribution in [1.29, 1.82) is 0 Å². The molecule has 2 N–H and O–H groups in total. The zero-order chi connectivity index (χ0) is 18.1. The summed E-state index contributed by atoms with van der Waals surface area (Å²) >= 11 is 5.77. The molecule has 0 atom stereocenters. The van der Waals surface area contributed by atoms with E-state index in [0.717, 1.165) is 5.56 Å². The maximum atomic E-state index is 12.0. The number of rotatable bonds is 8. The van der Waals surface area contributed by atoms with E-state index in [0.29, 0.717) is 23.9 Å². The number of halogens is 3. The van der Waals surface area contributed by atoms with Crippen LogP contribution in [0.5, 0.6) is 11.5 Å². The predicted octanol–water partition coefficient (Wildman–Crippen LogP) is 3.82. The number of ether oxygens (including phenoxy) is 2. The van der Waals surface area contributed by atoms with Crippen molar-refractivity contribution in [3.05, 3.63) is 59.1 Å². The van der Waals surface area contributed by atoms with E-state index in [1.165, 1.54) is 12.1 Å². The number of alkyl halides is 2. The Morgan fingerprint density at radius 2 is 1.64 bits per heavy atom. The Bertz CT molecular complexity index is 667. The molecule has 0 aliphatic heterocycles. The van der Waals surface area contributed by atoms with Gasteiger partial charge in [0.2, 0.25) is 0 Å². The molecule has 5 nitrogen and oxygen atoms in total. The van der Waals surface area contributed by atoms with Crippen LogP contribution < -0.4 is 20.1 Å². The third-order valence-electron chi connectivity index (χ3n) is 3.07. The minimum atomic E-state index is -2.86. The molecule has 8 heteroatoms. The Labute approximate surface area is 148 Å². The molecule has 25 heavy (non-hydrogen) atoms. The van der Waals surface area contributed by atoms with Crippen LogP contribution >= 0.6 is 11.6 Å². The van der Waals surface area contributed by atoms with Gasteiger partial charge in [-0.15, -0.1) is 0 Å². The molecule has 0 unspecified atom stereocenters. The Hall–Kier alpha value is -2.54. The lowest BCUT2D eigenvalue weighted by atomic mass is 10.2. The fourth-order valence-electron chi connectivity index (χ4n) is 1.90. The number of carbonyl (C=O) groups excluding carboxylic acids is 1. The van der Waals surface area contributed by atoms with Gasteiger partial charge in [-0.05, 0) is 42.0 Å². The lowest BCUT2D eigenvalue weighted by Crippen LogP contribution is -2.37. The molecule has 2 amide bonds. The summed E-state index contributed by atoms with van der Waals surface area (Å²) in [6.45, 7) is -1.95. The number of amides is 2. The Kier molecular flexibility index (Phi) is 7.28. The lowest BCUT2D eigenvalue weighted by Gasteiger charge is -2.10. The number of urea groups is 1. The second kappa shape index (κ2) is 9.68. The first-order valence-corrected chi connectivity index (χ1v) is 7.84. The molecular weight excluding hydrogens is 354 g/mol. The van der Waals surface area contributed by atoms with Crippen molar-refractivity contribution in [2.75, 3.05) is 13.2 Å². The van der Waals surface area contributed by atoms with Gasteiger partial charge in [-0.1, -0.05) is 23.7 Å². The van der Waals surface area contributed by atoms with Gasteiger partial charge >= 0.3 is 12.6 Å². The van der Waals surface area contributed by atoms with Crippen LogP contribution in [0.15, 0.2) is 48.5 Å². The standard InChI is InChI=1S/C17H17ClF2N2O3/c18-13-3-7-14(8-4-13)24-10-9-21-17(23)22-11-12-1-5-15(6-2-12)25-16(19)20/h1-8,16H,9-11H2,(H2,21,22,23). The molecule has 2 aromatic rings. The molecular formula is C17H17ClF2N2O3. The van der Waals surface area contributed by atoms with E-state index in [-0.39, 0.29) is 18.3 Å². The number of benzene rings is 2. The molecule has 0 aliphatic carbocycles. The Balaban J connectivity index is 1.62. The van der Waals surface area contributed by atoms with Crippen molar-refractivity contribution in [3.63, 3.8) is 0 Å². The van der Waals surface area contributed by atoms with E-state index in [4.69, 9.17) is 16.3 Å². The molecule has 0 saturated heterocycles. The van der Waals surface area contributed by atoms with Crippen LogP contribution in [0.3, 0.4) is 0 Å². The fraction of sp³-hybridized carbons (Fsp3) is 0.235. The van der Waals surface area contributed by atoms with Crippen LogP contribution in [0.25, 0.3) is 0 Å². The number of hydrogen-bond acceptors (Lipinski definition) is 3. The van der Waals surface area contributed by atoms with E-state index < -0.39 is 6.61 Å². The van der Waals surface area contributed by atoms with Crippen molar-refractivity contribution in [3.8, 4) is 11.5 Å². The van der Waals surface area contributed by atoms with Crippen LogP contribution in [0, 0.1) is 0 Å². The summed E-state index contributed by atoms with van der Waals surface area (Å²) in [4.78, 5) is 11.7. The van der Waals surface area contributed by atoms with Gasteiger partial charge in [0, 0.05) is 11.6 Å². The summed E-state index contributed by atoms with van der Waals surface area (Å²) in [5.74, 6) is 0.736. The third-order valence-corrected chi connectivity index (χ3v) is 3.32. The van der Waals surface area contributed by atoms with Gasteiger partial charge in [-0.3, -0.25) is 0 Å². The summed E-state index contributed by atoms with van der Waals surface area (Å²) in [5.41, 5.74) is 0.759. The Morgan fingerprint density at radius 3 is 2.28 bits per heavy atom. The maximum absolute atomic E-state index is 12.0. The van der Waals surface area contributed by atoms with Crippen molar-refractivity contribution in [2.45, 2.75) is 13.2 Å². The van der Waals surface area contributed by atoms with Crippen LogP contribution in [-0.4, -0.2) is 25.8 Å². The highest BCUT2D eigenvalue weighted by Crippen LogP contribution is 2.15. The molecule has 0 bridgehead atoms. The summed E-state index contributed by atoms with van der Waals surface area (Å²) in [5, 5.41) is 5.92. The zero-order valence-corrected chi connectivity index (χ0v) is 13.9. The topological polar surface area (TPSA) is 59.6 Å². The summed E-state index contributed by atoms with van der Waals surface area (Å²) in [6, 6.07) is 12.6. The van der Waals surface area contributed by atoms with Gasteiger partial charge in [0.15, 0.2) is 0 Å². The molecule has 0 aromatic heterocycles. The van der Waals surface area contributed by atoms with E-state index >= 15 is 0 Å². The van der Waals surface area contributed by atoms with Crippen molar-refractivity contribution in [2.24, 2.45) is 0 Å². The second-order valence-corrected chi connectivity index (χ2v) is 5.37. The van der Waals surface area contributed by atoms with Crippen molar-refractivity contribution < 1.29 is 23.0 Å². The van der Waals surface area contributed by atoms with Crippen LogP contribution in [0.2, 0.25) is 5.02 Å². The van der Waals surface area contributed by atoms with Crippen molar-refractivity contribution >= 4 is 17.6 Å². The molecule has 0 heterocycles.